The molecule has 1 saturated carbocycles. The fourth-order valence-electron chi connectivity index (χ4n) is 3.54. The molecule has 1 aliphatic heterocycles. The number of carbonyl (C=O) groups is 2. The van der Waals surface area contributed by atoms with Gasteiger partial charge in [0.05, 0.1) is 0 Å². The first kappa shape index (κ1) is 14.4. The molecule has 2 amide bonds. The summed E-state index contributed by atoms with van der Waals surface area (Å²) in [5, 5.41) is 2.88. The van der Waals surface area contributed by atoms with E-state index in [0.717, 1.165) is 19.3 Å². The highest BCUT2D eigenvalue weighted by Crippen LogP contribution is 2.41. The zero-order valence-corrected chi connectivity index (χ0v) is 12.4. The predicted octanol–water partition coefficient (Wildman–Crippen LogP) is 2.08. The van der Waals surface area contributed by atoms with E-state index < -0.39 is 0 Å². The van der Waals surface area contributed by atoms with Gasteiger partial charge in [0.25, 0.3) is 0 Å². The van der Waals surface area contributed by atoms with E-state index in [1.807, 2.05) is 11.8 Å². The molecule has 2 atom stereocenters. The number of hydrogen-bond donors (Lipinski definition) is 1. The highest BCUT2D eigenvalue weighted by Gasteiger charge is 2.42. The molecule has 0 aromatic carbocycles. The molecular formula is C15H26N2O2. The highest BCUT2D eigenvalue weighted by atomic mass is 16.2. The minimum absolute atomic E-state index is 0.0186. The van der Waals surface area contributed by atoms with Crippen molar-refractivity contribution in [2.24, 2.45) is 5.41 Å². The van der Waals surface area contributed by atoms with Crippen molar-refractivity contribution in [3.8, 4) is 0 Å². The topological polar surface area (TPSA) is 49.4 Å². The van der Waals surface area contributed by atoms with Crippen LogP contribution in [0.5, 0.6) is 0 Å². The molecule has 0 aromatic heterocycles. The minimum atomic E-state index is -0.309. The minimum Gasteiger partial charge on any atom is -0.344 e. The van der Waals surface area contributed by atoms with Crippen molar-refractivity contribution in [3.05, 3.63) is 0 Å². The largest absolute Gasteiger partial charge is 0.344 e. The van der Waals surface area contributed by atoms with Gasteiger partial charge in [0.1, 0.15) is 6.04 Å². The molecule has 0 radical (unpaired) electrons. The quantitative estimate of drug-likeness (QED) is 0.850. The summed E-state index contributed by atoms with van der Waals surface area (Å²) in [4.78, 5) is 26.4. The molecule has 2 fully saturated rings. The van der Waals surface area contributed by atoms with E-state index in [1.54, 1.807) is 0 Å². The Balaban J connectivity index is 2.18. The maximum atomic E-state index is 12.7. The van der Waals surface area contributed by atoms with Crippen molar-refractivity contribution in [1.82, 2.24) is 10.2 Å². The van der Waals surface area contributed by atoms with Crippen LogP contribution < -0.4 is 5.32 Å². The van der Waals surface area contributed by atoms with Crippen LogP contribution in [0.3, 0.4) is 0 Å². The molecule has 1 saturated heterocycles. The molecule has 19 heavy (non-hydrogen) atoms. The third-order valence-corrected chi connectivity index (χ3v) is 4.65. The van der Waals surface area contributed by atoms with E-state index in [4.69, 9.17) is 0 Å². The van der Waals surface area contributed by atoms with E-state index >= 15 is 0 Å². The van der Waals surface area contributed by atoms with Gasteiger partial charge in [-0.25, -0.2) is 0 Å². The van der Waals surface area contributed by atoms with Crippen LogP contribution in [0, 0.1) is 5.41 Å². The van der Waals surface area contributed by atoms with Gasteiger partial charge in [0.15, 0.2) is 0 Å². The first-order chi connectivity index (χ1) is 8.95. The van der Waals surface area contributed by atoms with Crippen LogP contribution >= 0.6 is 0 Å². The number of nitrogens with zero attached hydrogens (tertiary/aromatic N) is 1. The lowest BCUT2D eigenvalue weighted by atomic mass is 9.86. The van der Waals surface area contributed by atoms with Crippen LogP contribution in [-0.4, -0.2) is 35.3 Å². The van der Waals surface area contributed by atoms with Crippen molar-refractivity contribution in [3.63, 3.8) is 0 Å². The van der Waals surface area contributed by atoms with Crippen LogP contribution in [0.1, 0.15) is 59.3 Å². The molecule has 0 bridgehead atoms. The first-order valence-corrected chi connectivity index (χ1v) is 7.55. The summed E-state index contributed by atoms with van der Waals surface area (Å²) < 4.78 is 0. The Morgan fingerprint density at radius 2 is 2.11 bits per heavy atom. The van der Waals surface area contributed by atoms with E-state index in [2.05, 4.69) is 19.2 Å². The maximum Gasteiger partial charge on any atom is 0.245 e. The van der Waals surface area contributed by atoms with Crippen molar-refractivity contribution in [2.45, 2.75) is 71.4 Å². The second kappa shape index (κ2) is 5.51. The number of hydrogen-bond acceptors (Lipinski definition) is 2. The molecular weight excluding hydrogens is 240 g/mol. The van der Waals surface area contributed by atoms with Crippen LogP contribution in [0.2, 0.25) is 0 Å². The van der Waals surface area contributed by atoms with Gasteiger partial charge in [-0.2, -0.15) is 0 Å². The summed E-state index contributed by atoms with van der Waals surface area (Å²) in [6.07, 6.45) is 5.53. The number of rotatable bonds is 3. The van der Waals surface area contributed by atoms with Gasteiger partial charge in [0.2, 0.25) is 11.8 Å². The summed E-state index contributed by atoms with van der Waals surface area (Å²) in [5.41, 5.74) is 0.180. The Kier molecular flexibility index (Phi) is 4.16. The number of carbonyl (C=O) groups excluding carboxylic acids is 2. The van der Waals surface area contributed by atoms with Gasteiger partial charge in [-0.3, -0.25) is 9.59 Å². The zero-order chi connectivity index (χ0) is 14.0. The third-order valence-electron chi connectivity index (χ3n) is 4.65. The van der Waals surface area contributed by atoms with Crippen molar-refractivity contribution in [1.29, 1.82) is 0 Å². The lowest BCUT2D eigenvalue weighted by molar-refractivity contribution is -0.137. The Morgan fingerprint density at radius 3 is 2.68 bits per heavy atom. The average Bonchev–Trinajstić information content (AvgIpc) is 2.62. The average molecular weight is 266 g/mol. The Labute approximate surface area is 115 Å². The van der Waals surface area contributed by atoms with Gasteiger partial charge in [-0.1, -0.05) is 33.6 Å². The monoisotopic (exact) mass is 266 g/mol. The lowest BCUT2D eigenvalue weighted by Gasteiger charge is -2.38. The van der Waals surface area contributed by atoms with Crippen LogP contribution in [0.15, 0.2) is 0 Å². The highest BCUT2D eigenvalue weighted by molar-refractivity contribution is 5.90. The summed E-state index contributed by atoms with van der Waals surface area (Å²) in [5.74, 6) is 0.151. The van der Waals surface area contributed by atoms with Gasteiger partial charge in [-0.05, 0) is 24.7 Å². The van der Waals surface area contributed by atoms with Crippen LogP contribution in [0.25, 0.3) is 0 Å². The SMILES string of the molecule is CCCC1NC(=O)CCN(C2CCCC2(C)C)C1=O. The normalized spacial score (nSPS) is 31.2. The Hall–Kier alpha value is -1.06. The first-order valence-electron chi connectivity index (χ1n) is 7.55. The molecule has 1 aliphatic carbocycles. The number of amides is 2. The summed E-state index contributed by atoms with van der Waals surface area (Å²) in [6, 6.07) is -0.0107. The molecule has 2 unspecified atom stereocenters. The molecule has 1 N–H and O–H groups in total. The van der Waals surface area contributed by atoms with Crippen LogP contribution in [0.4, 0.5) is 0 Å². The van der Waals surface area contributed by atoms with Gasteiger partial charge < -0.3 is 10.2 Å². The van der Waals surface area contributed by atoms with Crippen molar-refractivity contribution < 1.29 is 9.59 Å². The van der Waals surface area contributed by atoms with E-state index in [9.17, 15) is 9.59 Å². The van der Waals surface area contributed by atoms with Gasteiger partial charge in [0, 0.05) is 19.0 Å². The second-order valence-electron chi connectivity index (χ2n) is 6.59. The summed E-state index contributed by atoms with van der Waals surface area (Å²) >= 11 is 0. The molecule has 4 heteroatoms. The van der Waals surface area contributed by atoms with Gasteiger partial charge >= 0.3 is 0 Å². The molecule has 4 nitrogen and oxygen atoms in total. The zero-order valence-electron chi connectivity index (χ0n) is 12.4. The van der Waals surface area contributed by atoms with E-state index in [0.29, 0.717) is 19.0 Å². The van der Waals surface area contributed by atoms with Crippen LogP contribution in [-0.2, 0) is 9.59 Å². The second-order valence-corrected chi connectivity index (χ2v) is 6.59. The lowest BCUT2D eigenvalue weighted by Crippen LogP contribution is -2.51. The molecule has 108 valence electrons. The summed E-state index contributed by atoms with van der Waals surface area (Å²) in [7, 11) is 0. The standard InChI is InChI=1S/C15H26N2O2/c1-4-6-11-14(19)17(10-8-13(18)16-11)12-7-5-9-15(12,2)3/h11-12H,4-10H2,1-3H3,(H,16,18). The predicted molar refractivity (Wildman–Crippen MR) is 74.6 cm³/mol. The Morgan fingerprint density at radius 1 is 1.37 bits per heavy atom. The third kappa shape index (κ3) is 2.93. The molecule has 0 aromatic rings. The fourth-order valence-corrected chi connectivity index (χ4v) is 3.54. The molecule has 2 rings (SSSR count). The molecule has 1 heterocycles. The number of nitrogens with one attached hydrogen (secondary N) is 1. The maximum absolute atomic E-state index is 12.7. The van der Waals surface area contributed by atoms with E-state index in [1.165, 1.54) is 12.8 Å². The van der Waals surface area contributed by atoms with Gasteiger partial charge in [-0.15, -0.1) is 0 Å². The van der Waals surface area contributed by atoms with Crippen molar-refractivity contribution in [2.75, 3.05) is 6.54 Å². The van der Waals surface area contributed by atoms with E-state index in [-0.39, 0.29) is 23.3 Å². The Bertz CT molecular complexity index is 365. The fraction of sp³-hybridized carbons (Fsp3) is 0.867. The smallest absolute Gasteiger partial charge is 0.245 e. The molecule has 2 aliphatic rings. The molecule has 0 spiro atoms. The summed E-state index contributed by atoms with van der Waals surface area (Å²) in [6.45, 7) is 7.12. The van der Waals surface area contributed by atoms with Crippen molar-refractivity contribution >= 4 is 11.8 Å².